The molecule has 7 N–H and O–H groups in total. The standard InChI is InChI=1S/C79H85N3O16S/c1-45-60(43-79(94)70(98-73(92)49-26-17-12-18-27-49)68-77(5)44-95-62(77)42-61(86)78(68,6)69(88)46(2)65(45)76(79,3)4)96-74(93)67(66(47-22-13-10-14-23-47)82-71(89)48-24-15-11-16-25-48)97-63(87)30-21-29-53(83)28-19-8-7-9-20-37-80-75(99)81-52-31-34-58(59(41-52)72(90)91)64-56-35-32-54(84)39-50(56)38-51-40-55(85)33-36-57(51)64/h10-18,22-27,31-36,39-41,46,60-62,66-68,70,84,86,94H,7-9,19-21,28-30,37-38,42-44H2,1-6H3,(H,82,89)(H,90,91)(H2,80,81,99)/t46-,60+,61+,62?,66?,67-,68?,70?,77-,78-,79-/m1/s1. The third kappa shape index (κ3) is 14.2. The van der Waals surface area contributed by atoms with Crippen LogP contribution in [0, 0.1) is 28.1 Å². The summed E-state index contributed by atoms with van der Waals surface area (Å²) in [5, 5.41) is 56.3. The highest BCUT2D eigenvalue weighted by Gasteiger charge is 2.75. The SMILES string of the molecule is CC1=C2[C@@H](C)C(=O)[C@@]3(C)C(C(OC(=O)c4ccccc4)[C@](O)(C[C@@H]1OC(=O)[C@H](OC(=O)CCCC(=O)CCCCCCCNC(=S)Nc1ccc(C4=C5C=CC(=O)C=C5Cc5cc(O)ccc54)c(C(=O)O)c1)C(NC(=O)c1ccccc1)c1ccccc1)C2(C)C)[C@]1(C)COC1C[C@@H]3O. The predicted molar refractivity (Wildman–Crippen MR) is 373 cm³/mol. The molecule has 5 aliphatic carbocycles. The van der Waals surface area contributed by atoms with E-state index in [-0.39, 0.29) is 84.9 Å². The molecule has 2 saturated carbocycles. The van der Waals surface area contributed by atoms with E-state index in [0.717, 1.165) is 48.0 Å². The van der Waals surface area contributed by atoms with Gasteiger partial charge in [0.2, 0.25) is 6.10 Å². The highest BCUT2D eigenvalue weighted by Crippen LogP contribution is 2.66. The molecule has 0 spiro atoms. The van der Waals surface area contributed by atoms with Gasteiger partial charge in [-0.1, -0.05) is 132 Å². The third-order valence-corrected chi connectivity index (χ3v) is 21.7. The van der Waals surface area contributed by atoms with Crippen LogP contribution in [0.4, 0.5) is 5.69 Å². The first kappa shape index (κ1) is 71.1. The Bertz CT molecular complexity index is 4140. The van der Waals surface area contributed by atoms with Gasteiger partial charge in [0.15, 0.2) is 10.9 Å². The summed E-state index contributed by atoms with van der Waals surface area (Å²) in [5.74, 6) is -6.95. The van der Waals surface area contributed by atoms with Crippen LogP contribution < -0.4 is 16.0 Å². The Hall–Kier alpha value is -9.21. The van der Waals surface area contributed by atoms with Gasteiger partial charge in [-0.2, -0.15) is 0 Å². The number of amides is 1. The number of unbranched alkanes of at least 4 members (excludes halogenated alkanes) is 4. The van der Waals surface area contributed by atoms with Crippen molar-refractivity contribution in [3.8, 4) is 5.75 Å². The maximum atomic E-state index is 15.5. The third-order valence-electron chi connectivity index (χ3n) is 21.5. The number of aromatic hydroxyl groups is 1. The number of Topliss-reactive ketones (excluding diaryl/α,β-unsaturated/α-hetero) is 2. The van der Waals surface area contributed by atoms with Gasteiger partial charge in [-0.3, -0.25) is 24.0 Å². The van der Waals surface area contributed by atoms with E-state index in [9.17, 15) is 49.2 Å². The Morgan fingerprint density at radius 3 is 2.11 bits per heavy atom. The molecular weight excluding hydrogens is 1280 g/mol. The smallest absolute Gasteiger partial charge is 0.350 e. The van der Waals surface area contributed by atoms with Gasteiger partial charge in [-0.25, -0.2) is 14.4 Å². The normalized spacial score (nSPS) is 25.4. The van der Waals surface area contributed by atoms with Crippen molar-refractivity contribution in [3.63, 3.8) is 0 Å². The molecule has 3 fully saturated rings. The number of anilines is 1. The molecule has 1 aliphatic heterocycles. The second kappa shape index (κ2) is 29.3. The number of phenolic OH excluding ortho intramolecular Hbond substituents is 1. The fraction of sp³-hybridized carbons (Fsp3) is 0.405. The van der Waals surface area contributed by atoms with Gasteiger partial charge < -0.3 is 55.3 Å². The van der Waals surface area contributed by atoms with E-state index >= 15 is 9.59 Å². The molecule has 11 atom stereocenters. The lowest BCUT2D eigenvalue weighted by Crippen LogP contribution is -2.77. The summed E-state index contributed by atoms with van der Waals surface area (Å²) in [6, 6.07) is 33.6. The Morgan fingerprint density at radius 1 is 0.768 bits per heavy atom. The summed E-state index contributed by atoms with van der Waals surface area (Å²) < 4.78 is 25.4. The van der Waals surface area contributed by atoms with E-state index < -0.39 is 100 Å². The minimum Gasteiger partial charge on any atom is -0.508 e. The molecule has 518 valence electrons. The number of nitrogens with one attached hydrogen (secondary N) is 3. The summed E-state index contributed by atoms with van der Waals surface area (Å²) >= 11 is 5.58. The minimum atomic E-state index is -2.11. The van der Waals surface area contributed by atoms with Crippen LogP contribution in [-0.2, 0) is 49.3 Å². The largest absolute Gasteiger partial charge is 0.508 e. The summed E-state index contributed by atoms with van der Waals surface area (Å²) in [7, 11) is 0. The quantitative estimate of drug-likeness (QED) is 0.00993. The fourth-order valence-electron chi connectivity index (χ4n) is 16.2. The molecule has 2 bridgehead atoms. The van der Waals surface area contributed by atoms with E-state index in [1.165, 1.54) is 18.2 Å². The van der Waals surface area contributed by atoms with Gasteiger partial charge in [-0.05, 0) is 163 Å². The maximum Gasteiger partial charge on any atom is 0.350 e. The zero-order chi connectivity index (χ0) is 70.7. The van der Waals surface area contributed by atoms with Crippen LogP contribution in [0.25, 0.3) is 5.57 Å². The molecule has 0 aromatic heterocycles. The predicted octanol–water partition coefficient (Wildman–Crippen LogP) is 11.6. The number of aliphatic hydroxyl groups excluding tert-OH is 1. The number of benzene rings is 5. The second-order valence-electron chi connectivity index (χ2n) is 28.1. The van der Waals surface area contributed by atoms with Crippen LogP contribution in [0.15, 0.2) is 168 Å². The summed E-state index contributed by atoms with van der Waals surface area (Å²) in [6.07, 6.45) is 2.38. The monoisotopic (exact) mass is 1360 g/mol. The second-order valence-corrected chi connectivity index (χ2v) is 28.5. The van der Waals surface area contributed by atoms with Crippen molar-refractivity contribution in [1.29, 1.82) is 0 Å². The number of ether oxygens (including phenoxy) is 4. The number of ketones is 3. The lowest BCUT2D eigenvalue weighted by Gasteiger charge is -2.68. The molecule has 20 heteroatoms. The van der Waals surface area contributed by atoms with Crippen molar-refractivity contribution in [2.75, 3.05) is 18.5 Å². The zero-order valence-electron chi connectivity index (χ0n) is 56.5. The highest BCUT2D eigenvalue weighted by atomic mass is 32.1. The van der Waals surface area contributed by atoms with E-state index in [2.05, 4.69) is 16.0 Å². The molecule has 11 rings (SSSR count). The Morgan fingerprint density at radius 2 is 1.42 bits per heavy atom. The fourth-order valence-corrected chi connectivity index (χ4v) is 16.5. The summed E-state index contributed by atoms with van der Waals surface area (Å²) in [6.45, 7) is 11.3. The average molecular weight is 1360 g/mol. The van der Waals surface area contributed by atoms with Crippen LogP contribution in [0.2, 0.25) is 0 Å². The summed E-state index contributed by atoms with van der Waals surface area (Å²) in [4.78, 5) is 112. The zero-order valence-corrected chi connectivity index (χ0v) is 57.3. The molecule has 1 amide bonds. The van der Waals surface area contributed by atoms with Crippen molar-refractivity contribution >= 4 is 75.7 Å². The number of esters is 3. The van der Waals surface area contributed by atoms with Gasteiger partial charge in [0.1, 0.15) is 41.2 Å². The van der Waals surface area contributed by atoms with Crippen molar-refractivity contribution in [2.24, 2.45) is 28.1 Å². The highest BCUT2D eigenvalue weighted by molar-refractivity contribution is 7.80. The molecule has 5 aromatic rings. The molecular formula is C79H85N3O16S. The van der Waals surface area contributed by atoms with E-state index in [1.54, 1.807) is 162 Å². The average Bonchev–Trinajstić information content (AvgIpc) is 0.673. The Balaban J connectivity index is 0.727. The van der Waals surface area contributed by atoms with Crippen molar-refractivity contribution in [2.45, 2.75) is 161 Å². The number of fused-ring (bicyclic) bond motifs is 7. The number of allylic oxidation sites excluding steroid dienone is 5. The summed E-state index contributed by atoms with van der Waals surface area (Å²) in [5.41, 5.74) is 0.363. The van der Waals surface area contributed by atoms with E-state index in [0.29, 0.717) is 58.0 Å². The molecule has 5 aromatic carbocycles. The number of carboxylic acid groups (broad SMARTS) is 1. The Labute approximate surface area is 581 Å². The molecule has 0 radical (unpaired) electrons. The Kier molecular flexibility index (Phi) is 21.0. The first-order chi connectivity index (χ1) is 47.2. The molecule has 1 heterocycles. The van der Waals surface area contributed by atoms with Gasteiger partial charge in [0.25, 0.3) is 5.91 Å². The molecule has 99 heavy (non-hydrogen) atoms. The van der Waals surface area contributed by atoms with Gasteiger partial charge >= 0.3 is 23.9 Å². The van der Waals surface area contributed by atoms with Gasteiger partial charge in [-0.15, -0.1) is 0 Å². The number of hydrogen-bond donors (Lipinski definition) is 7. The molecule has 19 nitrogen and oxygen atoms in total. The van der Waals surface area contributed by atoms with Crippen molar-refractivity contribution in [1.82, 2.24) is 10.6 Å². The van der Waals surface area contributed by atoms with Gasteiger partial charge in [0, 0.05) is 72.6 Å². The number of carbonyl (C=O) groups excluding carboxylic acids is 7. The number of aromatic carboxylic acids is 1. The van der Waals surface area contributed by atoms with Crippen LogP contribution in [0.3, 0.4) is 0 Å². The first-order valence-corrected chi connectivity index (χ1v) is 34.4. The molecule has 1 saturated heterocycles. The van der Waals surface area contributed by atoms with E-state index in [1.807, 2.05) is 6.92 Å². The van der Waals surface area contributed by atoms with Crippen LogP contribution in [0.5, 0.6) is 5.75 Å². The number of carbonyl (C=O) groups is 8. The lowest BCUT2D eigenvalue weighted by atomic mass is 9.41. The van der Waals surface area contributed by atoms with Crippen molar-refractivity contribution in [3.05, 3.63) is 207 Å². The minimum absolute atomic E-state index is 0.0250. The number of carboxylic acids is 1. The molecule has 4 unspecified atom stereocenters. The maximum absolute atomic E-state index is 15.5. The topological polar surface area (TPSA) is 290 Å². The van der Waals surface area contributed by atoms with Crippen LogP contribution in [0.1, 0.15) is 172 Å². The lowest BCUT2D eigenvalue weighted by molar-refractivity contribution is -0.312. The number of aliphatic hydroxyl groups is 2. The van der Waals surface area contributed by atoms with Gasteiger partial charge in [0.05, 0.1) is 35.4 Å². The number of hydrogen-bond acceptors (Lipinski definition) is 16. The van der Waals surface area contributed by atoms with E-state index in [4.69, 9.17) is 31.2 Å². The molecule has 6 aliphatic rings. The van der Waals surface area contributed by atoms with Crippen LogP contribution in [-0.4, -0.2) is 122 Å². The first-order valence-electron chi connectivity index (χ1n) is 34.0. The van der Waals surface area contributed by atoms with Crippen molar-refractivity contribution < 1.29 is 77.7 Å². The number of phenols is 1. The number of thiocarbonyl (C=S) groups is 1. The van der Waals surface area contributed by atoms with Crippen LogP contribution >= 0.6 is 12.2 Å². The number of rotatable bonds is 24.